The van der Waals surface area contributed by atoms with E-state index in [4.69, 9.17) is 5.73 Å². The van der Waals surface area contributed by atoms with Crippen molar-refractivity contribution in [2.45, 2.75) is 37.9 Å². The molecule has 2 aliphatic rings. The van der Waals surface area contributed by atoms with Crippen molar-refractivity contribution in [3.8, 4) is 0 Å². The highest BCUT2D eigenvalue weighted by Crippen LogP contribution is 2.25. The second-order valence-corrected chi connectivity index (χ2v) is 5.93. The van der Waals surface area contributed by atoms with Gasteiger partial charge in [0.2, 0.25) is 0 Å². The molecule has 2 heterocycles. The van der Waals surface area contributed by atoms with Gasteiger partial charge in [-0.3, -0.25) is 9.80 Å². The van der Waals surface area contributed by atoms with E-state index in [1.54, 1.807) is 0 Å². The van der Waals surface area contributed by atoms with Gasteiger partial charge in [-0.2, -0.15) is 0 Å². The fourth-order valence-corrected chi connectivity index (χ4v) is 3.66. The van der Waals surface area contributed by atoms with Crippen molar-refractivity contribution in [2.75, 3.05) is 26.2 Å². The molecule has 2 aliphatic heterocycles. The van der Waals surface area contributed by atoms with Crippen LogP contribution in [0.4, 0.5) is 0 Å². The van der Waals surface area contributed by atoms with Crippen LogP contribution < -0.4 is 5.73 Å². The Morgan fingerprint density at radius 1 is 1.11 bits per heavy atom. The molecule has 2 N–H and O–H groups in total. The predicted octanol–water partition coefficient (Wildman–Crippen LogP) is 1.68. The van der Waals surface area contributed by atoms with Crippen LogP contribution in [-0.2, 0) is 6.54 Å². The van der Waals surface area contributed by atoms with E-state index in [1.807, 2.05) is 0 Å². The van der Waals surface area contributed by atoms with Crippen LogP contribution in [-0.4, -0.2) is 48.1 Å². The minimum atomic E-state index is 0.640. The molecule has 3 nitrogen and oxygen atoms in total. The summed E-state index contributed by atoms with van der Waals surface area (Å²) in [6, 6.07) is 12.2. The standard InChI is InChI=1S/C16H25N3/c17-11-15-7-4-9-19(15)16-8-10-18(13-16)12-14-5-2-1-3-6-14/h1-3,5-6,15-16H,4,7-13,17H2. The molecule has 0 amide bonds. The Morgan fingerprint density at radius 2 is 1.95 bits per heavy atom. The molecule has 0 spiro atoms. The fourth-order valence-electron chi connectivity index (χ4n) is 3.66. The van der Waals surface area contributed by atoms with Crippen LogP contribution in [0.3, 0.4) is 0 Å². The fraction of sp³-hybridized carbons (Fsp3) is 0.625. The van der Waals surface area contributed by atoms with E-state index >= 15 is 0 Å². The van der Waals surface area contributed by atoms with Gasteiger partial charge in [-0.1, -0.05) is 30.3 Å². The Kier molecular flexibility index (Phi) is 4.16. The quantitative estimate of drug-likeness (QED) is 0.893. The molecule has 2 saturated heterocycles. The van der Waals surface area contributed by atoms with Crippen molar-refractivity contribution >= 4 is 0 Å². The summed E-state index contributed by atoms with van der Waals surface area (Å²) in [6.45, 7) is 5.62. The maximum atomic E-state index is 5.89. The third-order valence-electron chi connectivity index (χ3n) is 4.66. The van der Waals surface area contributed by atoms with E-state index in [0.717, 1.165) is 19.1 Å². The lowest BCUT2D eigenvalue weighted by Gasteiger charge is -2.29. The van der Waals surface area contributed by atoms with Crippen LogP contribution >= 0.6 is 0 Å². The van der Waals surface area contributed by atoms with E-state index in [1.165, 1.54) is 44.5 Å². The van der Waals surface area contributed by atoms with E-state index in [-0.39, 0.29) is 0 Å². The van der Waals surface area contributed by atoms with E-state index in [2.05, 4.69) is 40.1 Å². The van der Waals surface area contributed by atoms with Crippen LogP contribution in [0.5, 0.6) is 0 Å². The number of rotatable bonds is 4. The van der Waals surface area contributed by atoms with Crippen LogP contribution in [0.1, 0.15) is 24.8 Å². The summed E-state index contributed by atoms with van der Waals surface area (Å²) >= 11 is 0. The molecule has 0 aliphatic carbocycles. The molecule has 2 unspecified atom stereocenters. The Morgan fingerprint density at radius 3 is 2.74 bits per heavy atom. The van der Waals surface area contributed by atoms with Crippen molar-refractivity contribution < 1.29 is 0 Å². The first-order chi connectivity index (χ1) is 9.36. The highest BCUT2D eigenvalue weighted by atomic mass is 15.3. The zero-order chi connectivity index (χ0) is 13.1. The molecular formula is C16H25N3. The van der Waals surface area contributed by atoms with Gasteiger partial charge in [0, 0.05) is 38.3 Å². The number of hydrogen-bond acceptors (Lipinski definition) is 3. The Hall–Kier alpha value is -0.900. The van der Waals surface area contributed by atoms with Gasteiger partial charge in [0.05, 0.1) is 0 Å². The number of hydrogen-bond donors (Lipinski definition) is 1. The lowest BCUT2D eigenvalue weighted by Crippen LogP contribution is -2.44. The average molecular weight is 259 g/mol. The highest BCUT2D eigenvalue weighted by molar-refractivity contribution is 5.14. The van der Waals surface area contributed by atoms with Gasteiger partial charge in [-0.05, 0) is 31.4 Å². The SMILES string of the molecule is NCC1CCCN1C1CCN(Cc2ccccc2)C1. The molecule has 104 valence electrons. The van der Waals surface area contributed by atoms with Crippen molar-refractivity contribution in [1.82, 2.24) is 9.80 Å². The predicted molar refractivity (Wildman–Crippen MR) is 78.9 cm³/mol. The van der Waals surface area contributed by atoms with Gasteiger partial charge in [0.15, 0.2) is 0 Å². The summed E-state index contributed by atoms with van der Waals surface area (Å²) < 4.78 is 0. The monoisotopic (exact) mass is 259 g/mol. The molecule has 19 heavy (non-hydrogen) atoms. The topological polar surface area (TPSA) is 32.5 Å². The Bertz CT molecular complexity index is 392. The number of nitrogens with zero attached hydrogens (tertiary/aromatic N) is 2. The number of nitrogens with two attached hydrogens (primary N) is 1. The first-order valence-corrected chi connectivity index (χ1v) is 7.59. The van der Waals surface area contributed by atoms with Crippen LogP contribution in [0.25, 0.3) is 0 Å². The minimum Gasteiger partial charge on any atom is -0.329 e. The first kappa shape index (κ1) is 13.1. The molecular weight excluding hydrogens is 234 g/mol. The molecule has 3 rings (SSSR count). The largest absolute Gasteiger partial charge is 0.329 e. The molecule has 2 fully saturated rings. The second kappa shape index (κ2) is 6.04. The third kappa shape index (κ3) is 2.99. The molecule has 2 atom stereocenters. The van der Waals surface area contributed by atoms with Gasteiger partial charge in [0.1, 0.15) is 0 Å². The second-order valence-electron chi connectivity index (χ2n) is 5.93. The summed E-state index contributed by atoms with van der Waals surface area (Å²) in [5.41, 5.74) is 7.33. The first-order valence-electron chi connectivity index (χ1n) is 7.59. The van der Waals surface area contributed by atoms with Gasteiger partial charge >= 0.3 is 0 Å². The maximum Gasteiger partial charge on any atom is 0.0238 e. The van der Waals surface area contributed by atoms with Crippen LogP contribution in [0.2, 0.25) is 0 Å². The van der Waals surface area contributed by atoms with E-state index < -0.39 is 0 Å². The summed E-state index contributed by atoms with van der Waals surface area (Å²) in [6.07, 6.45) is 3.94. The normalized spacial score (nSPS) is 29.1. The smallest absolute Gasteiger partial charge is 0.0238 e. The Balaban J connectivity index is 1.55. The summed E-state index contributed by atoms with van der Waals surface area (Å²) in [4.78, 5) is 5.26. The van der Waals surface area contributed by atoms with Gasteiger partial charge in [-0.25, -0.2) is 0 Å². The van der Waals surface area contributed by atoms with Gasteiger partial charge in [-0.15, -0.1) is 0 Å². The van der Waals surface area contributed by atoms with E-state index in [0.29, 0.717) is 6.04 Å². The molecule has 1 aromatic rings. The summed E-state index contributed by atoms with van der Waals surface area (Å²) in [5.74, 6) is 0. The zero-order valence-electron chi connectivity index (χ0n) is 11.7. The Labute approximate surface area is 116 Å². The van der Waals surface area contributed by atoms with Gasteiger partial charge in [0.25, 0.3) is 0 Å². The van der Waals surface area contributed by atoms with Crippen LogP contribution in [0.15, 0.2) is 30.3 Å². The molecule has 0 saturated carbocycles. The summed E-state index contributed by atoms with van der Waals surface area (Å²) in [5, 5.41) is 0. The minimum absolute atomic E-state index is 0.640. The lowest BCUT2D eigenvalue weighted by molar-refractivity contribution is 0.179. The number of likely N-dealkylation sites (tertiary alicyclic amines) is 2. The maximum absolute atomic E-state index is 5.89. The van der Waals surface area contributed by atoms with Crippen molar-refractivity contribution in [1.29, 1.82) is 0 Å². The van der Waals surface area contributed by atoms with Crippen molar-refractivity contribution in [3.63, 3.8) is 0 Å². The molecule has 1 aromatic carbocycles. The molecule has 0 bridgehead atoms. The van der Waals surface area contributed by atoms with E-state index in [9.17, 15) is 0 Å². The van der Waals surface area contributed by atoms with Crippen LogP contribution in [0, 0.1) is 0 Å². The zero-order valence-corrected chi connectivity index (χ0v) is 11.7. The van der Waals surface area contributed by atoms with Crippen molar-refractivity contribution in [3.05, 3.63) is 35.9 Å². The number of benzene rings is 1. The average Bonchev–Trinajstić information content (AvgIpc) is 3.07. The third-order valence-corrected chi connectivity index (χ3v) is 4.66. The highest BCUT2D eigenvalue weighted by Gasteiger charge is 2.33. The molecule has 3 heteroatoms. The summed E-state index contributed by atoms with van der Waals surface area (Å²) in [7, 11) is 0. The molecule has 0 radical (unpaired) electrons. The lowest BCUT2D eigenvalue weighted by atomic mass is 10.1. The van der Waals surface area contributed by atoms with Crippen molar-refractivity contribution in [2.24, 2.45) is 5.73 Å². The van der Waals surface area contributed by atoms with Gasteiger partial charge < -0.3 is 5.73 Å². The molecule has 0 aromatic heterocycles.